The van der Waals surface area contributed by atoms with Crippen molar-refractivity contribution in [2.24, 2.45) is 7.05 Å². The van der Waals surface area contributed by atoms with Crippen LogP contribution < -0.4 is 10.6 Å². The lowest BCUT2D eigenvalue weighted by atomic mass is 10.0. The Morgan fingerprint density at radius 1 is 1.19 bits per heavy atom. The molecule has 0 spiro atoms. The Kier molecular flexibility index (Phi) is 5.07. The number of imide groups is 1. The van der Waals surface area contributed by atoms with Crippen LogP contribution in [0.15, 0.2) is 30.6 Å². The summed E-state index contributed by atoms with van der Waals surface area (Å²) in [5.41, 5.74) is 2.61. The van der Waals surface area contributed by atoms with E-state index in [1.807, 2.05) is 42.2 Å². The van der Waals surface area contributed by atoms with Gasteiger partial charge in [-0.25, -0.2) is 4.98 Å². The van der Waals surface area contributed by atoms with Crippen LogP contribution in [0.4, 0.5) is 0 Å². The topological polar surface area (TPSA) is 99.6 Å². The highest BCUT2D eigenvalue weighted by molar-refractivity contribution is 6.06. The number of benzene rings is 1. The highest BCUT2D eigenvalue weighted by Gasteiger charge is 2.40. The van der Waals surface area contributed by atoms with Gasteiger partial charge in [0.15, 0.2) is 0 Å². The molecule has 2 saturated heterocycles. The molecule has 5 rings (SSSR count). The normalized spacial score (nSPS) is 24.4. The Morgan fingerprint density at radius 2 is 2.06 bits per heavy atom. The Hall–Kier alpha value is -3.04. The van der Waals surface area contributed by atoms with Crippen LogP contribution in [0.5, 0.6) is 0 Å². The Labute approximate surface area is 180 Å². The van der Waals surface area contributed by atoms with Gasteiger partial charge < -0.3 is 14.8 Å². The second-order valence-electron chi connectivity index (χ2n) is 8.44. The summed E-state index contributed by atoms with van der Waals surface area (Å²) in [5, 5.41) is 5.81. The average molecular weight is 422 g/mol. The third-order valence-electron chi connectivity index (χ3n) is 6.52. The quantitative estimate of drug-likeness (QED) is 0.689. The second-order valence-corrected chi connectivity index (χ2v) is 8.44. The van der Waals surface area contributed by atoms with Gasteiger partial charge in [-0.05, 0) is 17.5 Å². The molecule has 2 atom stereocenters. The van der Waals surface area contributed by atoms with E-state index in [4.69, 9.17) is 0 Å². The van der Waals surface area contributed by atoms with E-state index in [1.165, 1.54) is 0 Å². The molecule has 0 radical (unpaired) electrons. The van der Waals surface area contributed by atoms with Crippen molar-refractivity contribution in [3.63, 3.8) is 0 Å². The summed E-state index contributed by atoms with van der Waals surface area (Å²) in [7, 11) is 2.00. The molecular weight excluding hydrogens is 396 g/mol. The van der Waals surface area contributed by atoms with Gasteiger partial charge in [-0.15, -0.1) is 0 Å². The summed E-state index contributed by atoms with van der Waals surface area (Å²) < 4.78 is 2.04. The van der Waals surface area contributed by atoms with Crippen LogP contribution in [0.25, 0.3) is 0 Å². The lowest BCUT2D eigenvalue weighted by molar-refractivity contribution is -0.136. The molecule has 2 N–H and O–H groups in total. The summed E-state index contributed by atoms with van der Waals surface area (Å²) in [6.45, 7) is 3.57. The monoisotopic (exact) mass is 422 g/mol. The van der Waals surface area contributed by atoms with Gasteiger partial charge in [-0.1, -0.05) is 18.2 Å². The number of hydrogen-bond donors (Lipinski definition) is 2. The average Bonchev–Trinajstić information content (AvgIpc) is 3.32. The van der Waals surface area contributed by atoms with Gasteiger partial charge in [0, 0.05) is 64.1 Å². The van der Waals surface area contributed by atoms with Crippen molar-refractivity contribution in [3.8, 4) is 0 Å². The first kappa shape index (κ1) is 19.9. The summed E-state index contributed by atoms with van der Waals surface area (Å²) in [5.74, 6) is 0.223. The number of aromatic nitrogens is 2. The smallest absolute Gasteiger partial charge is 0.255 e. The van der Waals surface area contributed by atoms with Crippen molar-refractivity contribution >= 4 is 17.7 Å². The van der Waals surface area contributed by atoms with Crippen molar-refractivity contribution in [2.45, 2.75) is 38.0 Å². The molecule has 0 bridgehead atoms. The van der Waals surface area contributed by atoms with Crippen LogP contribution in [0.1, 0.15) is 46.2 Å². The fourth-order valence-electron chi connectivity index (χ4n) is 4.93. The van der Waals surface area contributed by atoms with Gasteiger partial charge in [-0.3, -0.25) is 24.6 Å². The van der Waals surface area contributed by atoms with Gasteiger partial charge >= 0.3 is 0 Å². The molecule has 4 heterocycles. The largest absolute Gasteiger partial charge is 0.337 e. The van der Waals surface area contributed by atoms with Crippen LogP contribution in [0.2, 0.25) is 0 Å². The number of carbonyl (C=O) groups is 3. The lowest BCUT2D eigenvalue weighted by Crippen LogP contribution is -2.52. The molecule has 1 aromatic heterocycles. The van der Waals surface area contributed by atoms with Crippen LogP contribution in [-0.2, 0) is 29.7 Å². The molecule has 3 aliphatic heterocycles. The van der Waals surface area contributed by atoms with Crippen LogP contribution in [0.3, 0.4) is 0 Å². The van der Waals surface area contributed by atoms with E-state index in [2.05, 4.69) is 20.5 Å². The van der Waals surface area contributed by atoms with Crippen molar-refractivity contribution in [1.29, 1.82) is 0 Å². The minimum Gasteiger partial charge on any atom is -0.337 e. The molecule has 3 amide bonds. The number of aryl methyl sites for hydroxylation is 1. The van der Waals surface area contributed by atoms with Crippen LogP contribution in [-0.4, -0.2) is 62.7 Å². The zero-order valence-corrected chi connectivity index (χ0v) is 17.5. The van der Waals surface area contributed by atoms with Gasteiger partial charge in [0.1, 0.15) is 11.9 Å². The third-order valence-corrected chi connectivity index (χ3v) is 6.52. The molecular formula is C22H26N6O3. The maximum atomic E-state index is 13.4. The Bertz CT molecular complexity index is 1050. The first-order chi connectivity index (χ1) is 15.0. The predicted octanol–water partition coefficient (Wildman–Crippen LogP) is 0.328. The fraction of sp³-hybridized carbons (Fsp3) is 0.455. The van der Waals surface area contributed by atoms with E-state index in [-0.39, 0.29) is 30.2 Å². The van der Waals surface area contributed by atoms with E-state index >= 15 is 0 Å². The molecule has 162 valence electrons. The van der Waals surface area contributed by atoms with E-state index < -0.39 is 6.04 Å². The minimum atomic E-state index is -0.593. The van der Waals surface area contributed by atoms with Crippen molar-refractivity contribution in [3.05, 3.63) is 53.1 Å². The number of fused-ring (bicyclic) bond motifs is 1. The zero-order chi connectivity index (χ0) is 21.5. The first-order valence-corrected chi connectivity index (χ1v) is 10.7. The van der Waals surface area contributed by atoms with Crippen LogP contribution >= 0.6 is 0 Å². The number of hydrogen-bond acceptors (Lipinski definition) is 6. The number of amides is 3. The molecule has 3 aliphatic rings. The zero-order valence-electron chi connectivity index (χ0n) is 17.5. The maximum absolute atomic E-state index is 13.4. The van der Waals surface area contributed by atoms with Gasteiger partial charge in [-0.2, -0.15) is 0 Å². The molecule has 9 nitrogen and oxygen atoms in total. The van der Waals surface area contributed by atoms with Crippen molar-refractivity contribution < 1.29 is 14.4 Å². The Balaban J connectivity index is 1.40. The third kappa shape index (κ3) is 3.53. The molecule has 2 unspecified atom stereocenters. The maximum Gasteiger partial charge on any atom is 0.255 e. The number of piperidine rings is 1. The molecule has 0 saturated carbocycles. The number of nitrogens with one attached hydrogen (secondary N) is 2. The van der Waals surface area contributed by atoms with Gasteiger partial charge in [0.2, 0.25) is 11.8 Å². The van der Waals surface area contributed by atoms with E-state index in [9.17, 15) is 14.4 Å². The molecule has 9 heteroatoms. The first-order valence-electron chi connectivity index (χ1n) is 10.7. The van der Waals surface area contributed by atoms with Gasteiger partial charge in [0.05, 0.1) is 6.04 Å². The summed E-state index contributed by atoms with van der Waals surface area (Å²) in [6, 6.07) is 5.46. The number of rotatable bonds is 4. The highest BCUT2D eigenvalue weighted by atomic mass is 16.2. The summed E-state index contributed by atoms with van der Waals surface area (Å²) in [6.07, 6.45) is 4.39. The van der Waals surface area contributed by atoms with E-state index in [1.54, 1.807) is 4.90 Å². The summed E-state index contributed by atoms with van der Waals surface area (Å²) in [4.78, 5) is 45.7. The molecule has 1 aromatic carbocycles. The number of piperazine rings is 1. The fourth-order valence-corrected chi connectivity index (χ4v) is 4.93. The minimum absolute atomic E-state index is 0.118. The number of carbonyl (C=O) groups excluding carboxylic acids is 3. The van der Waals surface area contributed by atoms with E-state index in [0.29, 0.717) is 25.1 Å². The highest BCUT2D eigenvalue weighted by Crippen LogP contribution is 2.32. The molecule has 31 heavy (non-hydrogen) atoms. The number of nitrogens with zero attached hydrogens (tertiary/aromatic N) is 4. The molecule has 0 aliphatic carbocycles. The second kappa shape index (κ2) is 7.90. The van der Waals surface area contributed by atoms with E-state index in [0.717, 1.165) is 36.6 Å². The van der Waals surface area contributed by atoms with Crippen LogP contribution in [0, 0.1) is 0 Å². The number of imidazole rings is 1. The molecule has 2 fully saturated rings. The summed E-state index contributed by atoms with van der Waals surface area (Å²) >= 11 is 0. The predicted molar refractivity (Wildman–Crippen MR) is 112 cm³/mol. The van der Waals surface area contributed by atoms with Gasteiger partial charge in [0.25, 0.3) is 5.91 Å². The SMILES string of the molecule is Cn1ccnc1C1CNCCN1Cc1cccc2c1C(=O)N(C1CCC(=O)NC1=O)C2. The lowest BCUT2D eigenvalue weighted by Gasteiger charge is -2.36. The molecule has 2 aromatic rings. The Morgan fingerprint density at radius 3 is 2.84 bits per heavy atom. The van der Waals surface area contributed by atoms with Crippen molar-refractivity contribution in [1.82, 2.24) is 30.0 Å². The van der Waals surface area contributed by atoms with Crippen molar-refractivity contribution in [2.75, 3.05) is 19.6 Å². The standard InChI is InChI=1S/C22H26N6O3/c1-26-9-8-24-20(26)17-11-23-7-10-27(17)12-14-3-2-4-15-13-28(22(31)19(14)15)16-5-6-18(29)25-21(16)30/h2-4,8-9,16-17,23H,5-7,10-13H2,1H3,(H,25,29,30).